The van der Waals surface area contributed by atoms with Gasteiger partial charge in [-0.2, -0.15) is 5.10 Å². The Bertz CT molecular complexity index is 1500. The number of anilines is 1. The van der Waals surface area contributed by atoms with Gasteiger partial charge >= 0.3 is 0 Å². The summed E-state index contributed by atoms with van der Waals surface area (Å²) in [5.74, 6) is -0.122. The number of aromatic nitrogens is 2. The zero-order chi connectivity index (χ0) is 27.5. The Kier molecular flexibility index (Phi) is 7.84. The number of nitrogens with one attached hydrogen (secondary N) is 1. The molecule has 1 aliphatic heterocycles. The van der Waals surface area contributed by atoms with E-state index in [1.54, 1.807) is 15.6 Å². The van der Waals surface area contributed by atoms with Crippen LogP contribution < -0.4 is 10.2 Å². The molecule has 2 amide bonds. The maximum Gasteiger partial charge on any atom is 0.240 e. The van der Waals surface area contributed by atoms with Gasteiger partial charge in [0.1, 0.15) is 18.2 Å². The van der Waals surface area contributed by atoms with E-state index in [0.717, 1.165) is 34.4 Å². The first-order valence-corrected chi connectivity index (χ1v) is 14.1. The summed E-state index contributed by atoms with van der Waals surface area (Å²) in [6.45, 7) is 5.79. The Hall–Kier alpha value is -3.91. The van der Waals surface area contributed by atoms with E-state index in [2.05, 4.69) is 5.32 Å². The highest BCUT2D eigenvalue weighted by molar-refractivity contribution is 8.00. The number of rotatable bonds is 7. The lowest BCUT2D eigenvalue weighted by Gasteiger charge is -2.24. The average molecular weight is 543 g/mol. The molecule has 0 fully saturated rings. The zero-order valence-electron chi connectivity index (χ0n) is 22.2. The third kappa shape index (κ3) is 5.61. The van der Waals surface area contributed by atoms with Crippen LogP contribution in [0.1, 0.15) is 42.2 Å². The van der Waals surface area contributed by atoms with Gasteiger partial charge in [-0.1, -0.05) is 61.5 Å². The van der Waals surface area contributed by atoms with Crippen LogP contribution in [-0.4, -0.2) is 39.9 Å². The van der Waals surface area contributed by atoms with Crippen molar-refractivity contribution in [2.45, 2.75) is 38.5 Å². The molecular weight excluding hydrogens is 511 g/mol. The maximum absolute atomic E-state index is 14.5. The third-order valence-corrected chi connectivity index (χ3v) is 8.11. The SMILES string of the molecule is CCC(C)NC(=O)CN1C(=O)CSC(c2cccc(F)c2)c2c(-c3ccccc3)nn(-c3cccc(C)c3)c21. The van der Waals surface area contributed by atoms with Gasteiger partial charge in [0.05, 0.1) is 22.4 Å². The zero-order valence-corrected chi connectivity index (χ0v) is 23.0. The molecule has 200 valence electrons. The minimum atomic E-state index is -0.379. The number of thioether (sulfide) groups is 1. The summed E-state index contributed by atoms with van der Waals surface area (Å²) in [4.78, 5) is 28.4. The minimum Gasteiger partial charge on any atom is -0.352 e. The molecule has 8 heteroatoms. The van der Waals surface area contributed by atoms with Crippen LogP contribution in [0, 0.1) is 12.7 Å². The molecule has 6 nitrogen and oxygen atoms in total. The molecule has 0 bridgehead atoms. The summed E-state index contributed by atoms with van der Waals surface area (Å²) in [6.07, 6.45) is 0.780. The first-order valence-electron chi connectivity index (χ1n) is 13.1. The monoisotopic (exact) mass is 542 g/mol. The maximum atomic E-state index is 14.5. The van der Waals surface area contributed by atoms with Crippen molar-refractivity contribution in [2.75, 3.05) is 17.2 Å². The lowest BCUT2D eigenvalue weighted by Crippen LogP contribution is -2.44. The quantitative estimate of drug-likeness (QED) is 0.308. The Morgan fingerprint density at radius 3 is 2.59 bits per heavy atom. The number of hydrogen-bond acceptors (Lipinski definition) is 4. The molecule has 0 aliphatic carbocycles. The van der Waals surface area contributed by atoms with E-state index < -0.39 is 0 Å². The fourth-order valence-corrected chi connectivity index (χ4v) is 5.95. The van der Waals surface area contributed by atoms with Crippen LogP contribution >= 0.6 is 11.8 Å². The van der Waals surface area contributed by atoms with Crippen LogP contribution in [0.2, 0.25) is 0 Å². The van der Waals surface area contributed by atoms with E-state index in [1.807, 2.05) is 81.4 Å². The number of carbonyl (C=O) groups excluding carboxylic acids is 2. The summed E-state index contributed by atoms with van der Waals surface area (Å²) < 4.78 is 16.2. The fourth-order valence-electron chi connectivity index (χ4n) is 4.77. The van der Waals surface area contributed by atoms with Gasteiger partial charge in [0, 0.05) is 17.2 Å². The number of benzene rings is 3. The molecule has 1 N–H and O–H groups in total. The predicted molar refractivity (Wildman–Crippen MR) is 155 cm³/mol. The van der Waals surface area contributed by atoms with Crippen molar-refractivity contribution in [3.8, 4) is 16.9 Å². The largest absolute Gasteiger partial charge is 0.352 e. The molecule has 5 rings (SSSR count). The molecular formula is C31H31FN4O2S. The van der Waals surface area contributed by atoms with Crippen molar-refractivity contribution in [3.05, 3.63) is 101 Å². The van der Waals surface area contributed by atoms with Gasteiger partial charge in [0.25, 0.3) is 0 Å². The van der Waals surface area contributed by atoms with Crippen LogP contribution in [0.25, 0.3) is 16.9 Å². The standard InChI is InChI=1S/C31H31FN4O2S/c1-4-21(3)33-26(37)18-35-27(38)19-39-30(23-13-9-14-24(32)17-23)28-29(22-11-6-5-7-12-22)34-36(31(28)35)25-15-8-10-20(2)16-25/h5-17,21,30H,4,18-19H2,1-3H3,(H,33,37). The topological polar surface area (TPSA) is 67.2 Å². The number of aryl methyl sites for hydroxylation is 1. The Morgan fingerprint density at radius 1 is 1.10 bits per heavy atom. The molecule has 1 aromatic heterocycles. The van der Waals surface area contributed by atoms with Crippen molar-refractivity contribution < 1.29 is 14.0 Å². The summed E-state index contributed by atoms with van der Waals surface area (Å²) in [7, 11) is 0. The van der Waals surface area contributed by atoms with Crippen LogP contribution in [0.5, 0.6) is 0 Å². The van der Waals surface area contributed by atoms with Gasteiger partial charge in [-0.05, 0) is 55.7 Å². The molecule has 4 aromatic rings. The number of nitrogens with zero attached hydrogens (tertiary/aromatic N) is 3. The molecule has 0 radical (unpaired) electrons. The Balaban J connectivity index is 1.78. The normalized spacial score (nSPS) is 15.9. The van der Waals surface area contributed by atoms with Gasteiger partial charge < -0.3 is 5.32 Å². The minimum absolute atomic E-state index is 0.0185. The predicted octanol–water partition coefficient (Wildman–Crippen LogP) is 6.07. The molecule has 0 saturated heterocycles. The Morgan fingerprint density at radius 2 is 1.87 bits per heavy atom. The van der Waals surface area contributed by atoms with Crippen molar-refractivity contribution in [2.24, 2.45) is 0 Å². The van der Waals surface area contributed by atoms with Gasteiger partial charge in [-0.25, -0.2) is 9.07 Å². The smallest absolute Gasteiger partial charge is 0.240 e. The number of halogens is 1. The molecule has 2 atom stereocenters. The van der Waals surface area contributed by atoms with Crippen LogP contribution in [-0.2, 0) is 9.59 Å². The second kappa shape index (κ2) is 11.5. The van der Waals surface area contributed by atoms with Crippen LogP contribution in [0.15, 0.2) is 78.9 Å². The first-order chi connectivity index (χ1) is 18.9. The van der Waals surface area contributed by atoms with Crippen LogP contribution in [0.3, 0.4) is 0 Å². The lowest BCUT2D eigenvalue weighted by atomic mass is 9.99. The molecule has 2 heterocycles. The van der Waals surface area contributed by atoms with Gasteiger partial charge in [-0.3, -0.25) is 14.5 Å². The molecule has 1 aliphatic rings. The van der Waals surface area contributed by atoms with Crippen molar-refractivity contribution >= 4 is 29.4 Å². The van der Waals surface area contributed by atoms with E-state index in [0.29, 0.717) is 11.5 Å². The number of amides is 2. The fraction of sp³-hybridized carbons (Fsp3) is 0.258. The van der Waals surface area contributed by atoms with Crippen molar-refractivity contribution in [3.63, 3.8) is 0 Å². The van der Waals surface area contributed by atoms with E-state index in [-0.39, 0.29) is 41.2 Å². The second-order valence-corrected chi connectivity index (χ2v) is 10.9. The van der Waals surface area contributed by atoms with E-state index >= 15 is 0 Å². The molecule has 39 heavy (non-hydrogen) atoms. The number of hydrogen-bond donors (Lipinski definition) is 1. The Labute approximate surface area is 232 Å². The van der Waals surface area contributed by atoms with E-state index in [9.17, 15) is 14.0 Å². The second-order valence-electron chi connectivity index (χ2n) is 9.81. The summed E-state index contributed by atoms with van der Waals surface area (Å²) in [5, 5.41) is 7.67. The number of fused-ring (bicyclic) bond motifs is 1. The van der Waals surface area contributed by atoms with Gasteiger partial charge in [-0.15, -0.1) is 11.8 Å². The summed E-state index contributed by atoms with van der Waals surface area (Å²) in [5.41, 5.74) is 4.89. The molecule has 3 aromatic carbocycles. The summed E-state index contributed by atoms with van der Waals surface area (Å²) >= 11 is 1.42. The number of carbonyl (C=O) groups is 2. The van der Waals surface area contributed by atoms with Crippen molar-refractivity contribution in [1.82, 2.24) is 15.1 Å². The molecule has 2 unspecified atom stereocenters. The summed E-state index contributed by atoms with van der Waals surface area (Å²) in [6, 6.07) is 24.1. The van der Waals surface area contributed by atoms with Crippen LogP contribution in [0.4, 0.5) is 10.2 Å². The molecule has 0 saturated carbocycles. The van der Waals surface area contributed by atoms with Gasteiger partial charge in [0.15, 0.2) is 0 Å². The van der Waals surface area contributed by atoms with E-state index in [4.69, 9.17) is 5.10 Å². The van der Waals surface area contributed by atoms with Gasteiger partial charge in [0.2, 0.25) is 11.8 Å². The third-order valence-electron chi connectivity index (χ3n) is 6.86. The highest BCUT2D eigenvalue weighted by Crippen LogP contribution is 2.48. The first kappa shape index (κ1) is 26.7. The lowest BCUT2D eigenvalue weighted by molar-refractivity contribution is -0.123. The van der Waals surface area contributed by atoms with E-state index in [1.165, 1.54) is 23.9 Å². The highest BCUT2D eigenvalue weighted by Gasteiger charge is 2.37. The van der Waals surface area contributed by atoms with Crippen molar-refractivity contribution in [1.29, 1.82) is 0 Å². The highest BCUT2D eigenvalue weighted by atomic mass is 32.2. The average Bonchev–Trinajstić information content (AvgIpc) is 3.26. The molecule has 0 spiro atoms.